The number of aromatic carboxylic acids is 1. The number of pyridine rings is 1. The summed E-state index contributed by atoms with van der Waals surface area (Å²) < 4.78 is 6.98. The predicted octanol–water partition coefficient (Wildman–Crippen LogP) is 2.61. The van der Waals surface area contributed by atoms with Crippen molar-refractivity contribution in [3.63, 3.8) is 0 Å². The molecule has 2 aromatic heterocycles. The molecule has 3 aromatic rings. The summed E-state index contributed by atoms with van der Waals surface area (Å²) in [5.74, 6) is -0.764. The molecule has 3 rings (SSSR count). The maximum Gasteiger partial charge on any atom is 0.358 e. The van der Waals surface area contributed by atoms with Gasteiger partial charge in [0.2, 0.25) is 0 Å². The molecule has 20 heavy (non-hydrogen) atoms. The first kappa shape index (κ1) is 12.2. The first-order valence-electron chi connectivity index (χ1n) is 6.12. The second-order valence-electron chi connectivity index (χ2n) is 4.29. The van der Waals surface area contributed by atoms with E-state index in [2.05, 4.69) is 5.10 Å². The summed E-state index contributed by atoms with van der Waals surface area (Å²) in [4.78, 5) is 11.4. The molecule has 0 aliphatic carbocycles. The van der Waals surface area contributed by atoms with E-state index in [9.17, 15) is 9.90 Å². The molecule has 1 N–H and O–H groups in total. The highest BCUT2D eigenvalue weighted by Crippen LogP contribution is 2.21. The Morgan fingerprint density at radius 3 is 2.70 bits per heavy atom. The summed E-state index contributed by atoms with van der Waals surface area (Å²) in [5, 5.41) is 13.3. The molecule has 0 saturated carbocycles. The number of rotatable bonds is 4. The first-order valence-corrected chi connectivity index (χ1v) is 6.12. The number of carboxylic acids is 1. The Labute approximate surface area is 115 Å². The molecule has 0 aliphatic heterocycles. The Hall–Kier alpha value is -2.82. The van der Waals surface area contributed by atoms with Gasteiger partial charge in [0, 0.05) is 0 Å². The van der Waals surface area contributed by atoms with Crippen molar-refractivity contribution >= 4 is 11.5 Å². The number of hydrogen-bond acceptors (Lipinski definition) is 3. The average Bonchev–Trinajstić information content (AvgIpc) is 2.93. The molecule has 0 fully saturated rings. The van der Waals surface area contributed by atoms with Crippen LogP contribution in [-0.4, -0.2) is 20.7 Å². The van der Waals surface area contributed by atoms with Crippen LogP contribution < -0.4 is 4.74 Å². The lowest BCUT2D eigenvalue weighted by molar-refractivity contribution is 0.0681. The van der Waals surface area contributed by atoms with Gasteiger partial charge in [-0.25, -0.2) is 9.31 Å². The van der Waals surface area contributed by atoms with Crippen LogP contribution in [0.4, 0.5) is 0 Å². The molecule has 0 bridgehead atoms. The second-order valence-corrected chi connectivity index (χ2v) is 4.29. The second kappa shape index (κ2) is 5.05. The van der Waals surface area contributed by atoms with Gasteiger partial charge in [-0.15, -0.1) is 0 Å². The molecule has 0 spiro atoms. The first-order chi connectivity index (χ1) is 9.75. The molecule has 0 radical (unpaired) electrons. The zero-order valence-electron chi connectivity index (χ0n) is 10.6. The van der Waals surface area contributed by atoms with Crippen molar-refractivity contribution < 1.29 is 14.6 Å². The molecule has 0 unspecified atom stereocenters. The standard InChI is InChI=1S/C15H12N2O3/c18-15(19)14-13(7-6-12-8-9-16-17(12)14)20-10-11-4-2-1-3-5-11/h1-9H,10H2,(H,18,19). The number of carboxylic acid groups (broad SMARTS) is 1. The highest BCUT2D eigenvalue weighted by atomic mass is 16.5. The van der Waals surface area contributed by atoms with Gasteiger partial charge in [0.15, 0.2) is 11.4 Å². The molecule has 0 amide bonds. The van der Waals surface area contributed by atoms with E-state index in [1.807, 2.05) is 30.3 Å². The van der Waals surface area contributed by atoms with Crippen LogP contribution in [-0.2, 0) is 6.61 Å². The number of benzene rings is 1. The lowest BCUT2D eigenvalue weighted by Crippen LogP contribution is -2.10. The van der Waals surface area contributed by atoms with E-state index in [0.717, 1.165) is 11.1 Å². The normalized spacial score (nSPS) is 10.6. The van der Waals surface area contributed by atoms with Crippen molar-refractivity contribution in [2.24, 2.45) is 0 Å². The van der Waals surface area contributed by atoms with Gasteiger partial charge < -0.3 is 9.84 Å². The third-order valence-electron chi connectivity index (χ3n) is 2.96. The number of ether oxygens (including phenoxy) is 1. The maximum absolute atomic E-state index is 11.4. The average molecular weight is 268 g/mol. The number of fused-ring (bicyclic) bond motifs is 1. The van der Waals surface area contributed by atoms with Crippen LogP contribution in [0.3, 0.4) is 0 Å². The number of carbonyl (C=O) groups is 1. The highest BCUT2D eigenvalue weighted by Gasteiger charge is 2.16. The fourth-order valence-corrected chi connectivity index (χ4v) is 2.02. The van der Waals surface area contributed by atoms with Crippen molar-refractivity contribution in [3.05, 3.63) is 66.0 Å². The zero-order chi connectivity index (χ0) is 13.9. The van der Waals surface area contributed by atoms with Crippen LogP contribution in [0.2, 0.25) is 0 Å². The molecule has 5 heteroatoms. The van der Waals surface area contributed by atoms with Crippen LogP contribution in [0.25, 0.3) is 5.52 Å². The fourth-order valence-electron chi connectivity index (χ4n) is 2.02. The molecule has 0 aliphatic rings. The van der Waals surface area contributed by atoms with E-state index >= 15 is 0 Å². The Kier molecular flexibility index (Phi) is 3.09. The smallest absolute Gasteiger partial charge is 0.358 e. The van der Waals surface area contributed by atoms with Gasteiger partial charge in [-0.1, -0.05) is 30.3 Å². The summed E-state index contributed by atoms with van der Waals surface area (Å²) in [6.45, 7) is 0.313. The Balaban J connectivity index is 1.94. The summed E-state index contributed by atoms with van der Waals surface area (Å²) in [6.07, 6.45) is 1.56. The predicted molar refractivity (Wildman–Crippen MR) is 72.9 cm³/mol. The Morgan fingerprint density at radius 1 is 1.15 bits per heavy atom. The van der Waals surface area contributed by atoms with Gasteiger partial charge in [0.1, 0.15) is 6.61 Å². The number of nitrogens with zero attached hydrogens (tertiary/aromatic N) is 2. The van der Waals surface area contributed by atoms with Gasteiger partial charge >= 0.3 is 5.97 Å². The summed E-state index contributed by atoms with van der Waals surface area (Å²) in [7, 11) is 0. The van der Waals surface area contributed by atoms with Crippen LogP contribution in [0, 0.1) is 0 Å². The lowest BCUT2D eigenvalue weighted by atomic mass is 10.2. The third kappa shape index (κ3) is 2.21. The largest absolute Gasteiger partial charge is 0.486 e. The topological polar surface area (TPSA) is 63.8 Å². The molecule has 5 nitrogen and oxygen atoms in total. The van der Waals surface area contributed by atoms with Gasteiger partial charge in [-0.3, -0.25) is 0 Å². The van der Waals surface area contributed by atoms with Crippen molar-refractivity contribution in [1.29, 1.82) is 0 Å². The Bertz CT molecular complexity index is 750. The van der Waals surface area contributed by atoms with Crippen molar-refractivity contribution in [3.8, 4) is 5.75 Å². The van der Waals surface area contributed by atoms with Crippen molar-refractivity contribution in [1.82, 2.24) is 9.61 Å². The molecule has 1 aromatic carbocycles. The summed E-state index contributed by atoms with van der Waals surface area (Å²) in [6, 6.07) is 14.8. The fraction of sp³-hybridized carbons (Fsp3) is 0.0667. The van der Waals surface area contributed by atoms with Crippen LogP contribution >= 0.6 is 0 Å². The van der Waals surface area contributed by atoms with E-state index < -0.39 is 5.97 Å². The molecular formula is C15H12N2O3. The summed E-state index contributed by atoms with van der Waals surface area (Å²) >= 11 is 0. The number of hydrogen-bond donors (Lipinski definition) is 1. The van der Waals surface area contributed by atoms with E-state index in [1.165, 1.54) is 4.52 Å². The van der Waals surface area contributed by atoms with E-state index in [1.54, 1.807) is 24.4 Å². The van der Waals surface area contributed by atoms with Gasteiger partial charge in [-0.2, -0.15) is 5.10 Å². The number of aromatic nitrogens is 2. The minimum atomic E-state index is -1.07. The zero-order valence-corrected chi connectivity index (χ0v) is 10.6. The van der Waals surface area contributed by atoms with Crippen LogP contribution in [0.1, 0.15) is 16.1 Å². The van der Waals surface area contributed by atoms with E-state index in [-0.39, 0.29) is 5.69 Å². The van der Waals surface area contributed by atoms with Crippen molar-refractivity contribution in [2.75, 3.05) is 0 Å². The summed E-state index contributed by atoms with van der Waals surface area (Å²) in [5.41, 5.74) is 1.72. The molecule has 0 saturated heterocycles. The molecular weight excluding hydrogens is 256 g/mol. The van der Waals surface area contributed by atoms with Gasteiger partial charge in [-0.05, 0) is 23.8 Å². The molecule has 0 atom stereocenters. The lowest BCUT2D eigenvalue weighted by Gasteiger charge is -2.10. The SMILES string of the molecule is O=C(O)c1c(OCc2ccccc2)ccc2ccnn12. The quantitative estimate of drug-likeness (QED) is 0.790. The van der Waals surface area contributed by atoms with Crippen molar-refractivity contribution in [2.45, 2.75) is 6.61 Å². The van der Waals surface area contributed by atoms with Gasteiger partial charge in [0.25, 0.3) is 0 Å². The maximum atomic E-state index is 11.4. The molecule has 100 valence electrons. The minimum absolute atomic E-state index is 0.0310. The Morgan fingerprint density at radius 2 is 1.95 bits per heavy atom. The van der Waals surface area contributed by atoms with Crippen LogP contribution in [0.5, 0.6) is 5.75 Å². The van der Waals surface area contributed by atoms with E-state index in [4.69, 9.17) is 4.74 Å². The monoisotopic (exact) mass is 268 g/mol. The van der Waals surface area contributed by atoms with E-state index in [0.29, 0.717) is 12.4 Å². The molecule has 2 heterocycles. The highest BCUT2D eigenvalue weighted by molar-refractivity contribution is 5.89. The third-order valence-corrected chi connectivity index (χ3v) is 2.96. The van der Waals surface area contributed by atoms with Crippen LogP contribution in [0.15, 0.2) is 54.7 Å². The van der Waals surface area contributed by atoms with Gasteiger partial charge in [0.05, 0.1) is 11.7 Å². The minimum Gasteiger partial charge on any atom is -0.486 e.